The topological polar surface area (TPSA) is 46.3 Å². The maximum atomic E-state index is 12.2. The maximum Gasteiger partial charge on any atom is 0.239 e. The van der Waals surface area contributed by atoms with Crippen LogP contribution in [0.2, 0.25) is 0 Å². The molecule has 1 fully saturated rings. The monoisotopic (exact) mass is 234 g/mol. The molecule has 3 nitrogen and oxygen atoms in total. The van der Waals surface area contributed by atoms with Crippen molar-refractivity contribution in [2.24, 2.45) is 11.1 Å². The molecule has 2 N–H and O–H groups in total. The first-order chi connectivity index (χ1) is 7.58. The Morgan fingerprint density at radius 2 is 1.94 bits per heavy atom. The van der Waals surface area contributed by atoms with Crippen LogP contribution < -0.4 is 10.6 Å². The largest absolute Gasteiger partial charge is 0.392 e. The number of para-hydroxylation sites is 1. The van der Waals surface area contributed by atoms with Gasteiger partial charge in [-0.1, -0.05) is 30.4 Å². The molecule has 4 heteroatoms. The van der Waals surface area contributed by atoms with Gasteiger partial charge in [-0.25, -0.2) is 0 Å². The Labute approximate surface area is 100 Å². The fourth-order valence-electron chi connectivity index (χ4n) is 1.78. The summed E-state index contributed by atoms with van der Waals surface area (Å²) in [6, 6.07) is 9.52. The van der Waals surface area contributed by atoms with Crippen LogP contribution in [0, 0.1) is 5.41 Å². The molecular weight excluding hydrogens is 220 g/mol. The SMILES string of the molecule is CN(C(=O)C1(C(N)=S)CC1)c1ccccc1. The Morgan fingerprint density at radius 1 is 1.38 bits per heavy atom. The first-order valence-electron chi connectivity index (χ1n) is 5.21. The van der Waals surface area contributed by atoms with Crippen LogP contribution in [0.3, 0.4) is 0 Å². The van der Waals surface area contributed by atoms with Gasteiger partial charge in [0, 0.05) is 12.7 Å². The number of rotatable bonds is 3. The highest BCUT2D eigenvalue weighted by atomic mass is 32.1. The third-order valence-electron chi connectivity index (χ3n) is 3.08. The van der Waals surface area contributed by atoms with E-state index in [1.165, 1.54) is 0 Å². The molecule has 84 valence electrons. The lowest BCUT2D eigenvalue weighted by atomic mass is 10.1. The van der Waals surface area contributed by atoms with Crippen LogP contribution in [0.5, 0.6) is 0 Å². The molecule has 16 heavy (non-hydrogen) atoms. The minimum Gasteiger partial charge on any atom is -0.392 e. The van der Waals surface area contributed by atoms with Crippen molar-refractivity contribution < 1.29 is 4.79 Å². The summed E-state index contributed by atoms with van der Waals surface area (Å²) < 4.78 is 0. The standard InChI is InChI=1S/C12H14N2OS/c1-14(9-5-3-2-4-6-9)11(15)12(7-8-12)10(13)16/h2-6H,7-8H2,1H3,(H2,13,16). The van der Waals surface area contributed by atoms with Crippen molar-refractivity contribution in [1.82, 2.24) is 0 Å². The van der Waals surface area contributed by atoms with E-state index in [9.17, 15) is 4.79 Å². The lowest BCUT2D eigenvalue weighted by Gasteiger charge is -2.22. The molecule has 0 heterocycles. The molecule has 1 aliphatic rings. The van der Waals surface area contributed by atoms with Gasteiger partial charge in [0.05, 0.1) is 10.4 Å². The van der Waals surface area contributed by atoms with Gasteiger partial charge in [-0.2, -0.15) is 0 Å². The molecule has 0 aliphatic heterocycles. The molecule has 0 radical (unpaired) electrons. The van der Waals surface area contributed by atoms with Crippen molar-refractivity contribution in [1.29, 1.82) is 0 Å². The fourth-order valence-corrected chi connectivity index (χ4v) is 2.07. The Bertz CT molecular complexity index is 426. The molecule has 2 rings (SSSR count). The second-order valence-electron chi connectivity index (χ2n) is 4.15. The molecule has 0 atom stereocenters. The van der Waals surface area contributed by atoms with Gasteiger partial charge in [0.1, 0.15) is 0 Å². The zero-order valence-electron chi connectivity index (χ0n) is 9.14. The lowest BCUT2D eigenvalue weighted by Crippen LogP contribution is -2.40. The van der Waals surface area contributed by atoms with Crippen LogP contribution in [-0.4, -0.2) is 17.9 Å². The number of hydrogen-bond acceptors (Lipinski definition) is 2. The molecule has 1 amide bonds. The summed E-state index contributed by atoms with van der Waals surface area (Å²) in [6.45, 7) is 0. The molecule has 0 spiro atoms. The van der Waals surface area contributed by atoms with E-state index in [-0.39, 0.29) is 5.91 Å². The Balaban J connectivity index is 2.21. The first-order valence-corrected chi connectivity index (χ1v) is 5.62. The number of hydrogen-bond donors (Lipinski definition) is 1. The predicted octanol–water partition coefficient (Wildman–Crippen LogP) is 1.72. The average Bonchev–Trinajstić information content (AvgIpc) is 3.09. The van der Waals surface area contributed by atoms with Crippen LogP contribution in [0.15, 0.2) is 30.3 Å². The number of nitrogens with zero attached hydrogens (tertiary/aromatic N) is 1. The number of carbonyl (C=O) groups is 1. The summed E-state index contributed by atoms with van der Waals surface area (Å²) in [4.78, 5) is 14.2. The van der Waals surface area contributed by atoms with Crippen LogP contribution in [0.25, 0.3) is 0 Å². The van der Waals surface area contributed by atoms with Gasteiger partial charge in [0.25, 0.3) is 0 Å². The van der Waals surface area contributed by atoms with E-state index >= 15 is 0 Å². The van der Waals surface area contributed by atoms with Gasteiger partial charge in [0.2, 0.25) is 5.91 Å². The first kappa shape index (κ1) is 11.1. The third-order valence-corrected chi connectivity index (χ3v) is 3.47. The molecular formula is C12H14N2OS. The summed E-state index contributed by atoms with van der Waals surface area (Å²) in [6.07, 6.45) is 1.55. The van der Waals surface area contributed by atoms with E-state index in [4.69, 9.17) is 18.0 Å². The van der Waals surface area contributed by atoms with Crippen LogP contribution >= 0.6 is 12.2 Å². The number of anilines is 1. The number of amides is 1. The Hall–Kier alpha value is -1.42. The van der Waals surface area contributed by atoms with E-state index in [0.717, 1.165) is 18.5 Å². The van der Waals surface area contributed by atoms with Crippen molar-refractivity contribution >= 4 is 28.8 Å². The van der Waals surface area contributed by atoms with Crippen LogP contribution in [-0.2, 0) is 4.79 Å². The summed E-state index contributed by atoms with van der Waals surface area (Å²) in [5.41, 5.74) is 5.93. The van der Waals surface area contributed by atoms with Gasteiger partial charge >= 0.3 is 0 Å². The van der Waals surface area contributed by atoms with E-state index in [0.29, 0.717) is 4.99 Å². The average molecular weight is 234 g/mol. The maximum absolute atomic E-state index is 12.2. The Morgan fingerprint density at radius 3 is 2.38 bits per heavy atom. The van der Waals surface area contributed by atoms with Crippen LogP contribution in [0.1, 0.15) is 12.8 Å². The van der Waals surface area contributed by atoms with Crippen molar-refractivity contribution in [2.45, 2.75) is 12.8 Å². The minimum absolute atomic E-state index is 0.00574. The van der Waals surface area contributed by atoms with Gasteiger partial charge in [-0.15, -0.1) is 0 Å². The molecule has 0 bridgehead atoms. The van der Waals surface area contributed by atoms with Crippen molar-refractivity contribution in [3.63, 3.8) is 0 Å². The highest BCUT2D eigenvalue weighted by Crippen LogP contribution is 2.47. The van der Waals surface area contributed by atoms with E-state index in [1.54, 1.807) is 11.9 Å². The van der Waals surface area contributed by atoms with Crippen molar-refractivity contribution in [3.8, 4) is 0 Å². The van der Waals surface area contributed by atoms with Gasteiger partial charge < -0.3 is 10.6 Å². The zero-order chi connectivity index (χ0) is 11.8. The number of carbonyl (C=O) groups excluding carboxylic acids is 1. The molecule has 0 aromatic heterocycles. The van der Waals surface area contributed by atoms with E-state index in [2.05, 4.69) is 0 Å². The quantitative estimate of drug-likeness (QED) is 0.810. The Kier molecular flexibility index (Phi) is 2.68. The van der Waals surface area contributed by atoms with Gasteiger partial charge in [0.15, 0.2) is 0 Å². The van der Waals surface area contributed by atoms with Crippen molar-refractivity contribution in [2.75, 3.05) is 11.9 Å². The molecule has 1 aliphatic carbocycles. The van der Waals surface area contributed by atoms with Gasteiger partial charge in [-0.05, 0) is 25.0 Å². The highest BCUT2D eigenvalue weighted by Gasteiger charge is 2.54. The second-order valence-corrected chi connectivity index (χ2v) is 4.59. The number of thiocarbonyl (C=S) groups is 1. The number of nitrogens with two attached hydrogens (primary N) is 1. The zero-order valence-corrected chi connectivity index (χ0v) is 9.96. The molecule has 0 unspecified atom stereocenters. The summed E-state index contributed by atoms with van der Waals surface area (Å²) in [5.74, 6) is 0.00574. The molecule has 1 saturated carbocycles. The fraction of sp³-hybridized carbons (Fsp3) is 0.333. The van der Waals surface area contributed by atoms with Crippen molar-refractivity contribution in [3.05, 3.63) is 30.3 Å². The van der Waals surface area contributed by atoms with Gasteiger partial charge in [-0.3, -0.25) is 4.79 Å². The van der Waals surface area contributed by atoms with Crippen LogP contribution in [0.4, 0.5) is 5.69 Å². The smallest absolute Gasteiger partial charge is 0.239 e. The normalized spacial score (nSPS) is 16.6. The molecule has 1 aromatic carbocycles. The number of benzene rings is 1. The second kappa shape index (κ2) is 3.87. The van der Waals surface area contributed by atoms with E-state index in [1.807, 2.05) is 30.3 Å². The highest BCUT2D eigenvalue weighted by molar-refractivity contribution is 7.80. The molecule has 1 aromatic rings. The summed E-state index contributed by atoms with van der Waals surface area (Å²) in [7, 11) is 1.76. The van der Waals surface area contributed by atoms with E-state index < -0.39 is 5.41 Å². The molecule has 0 saturated heterocycles. The third kappa shape index (κ3) is 1.69. The predicted molar refractivity (Wildman–Crippen MR) is 68.3 cm³/mol. The summed E-state index contributed by atoms with van der Waals surface area (Å²) >= 11 is 4.97. The lowest BCUT2D eigenvalue weighted by molar-refractivity contribution is -0.121. The summed E-state index contributed by atoms with van der Waals surface area (Å²) in [5, 5.41) is 0. The minimum atomic E-state index is -0.570.